The number of methoxy groups -OCH3 is 1. The number of ether oxygens (including phenoxy) is 1. The summed E-state index contributed by atoms with van der Waals surface area (Å²) in [5.74, 6) is -0.445. The zero-order valence-electron chi connectivity index (χ0n) is 12.0. The van der Waals surface area contributed by atoms with Crippen molar-refractivity contribution >= 4 is 17.5 Å². The standard InChI is InChI=1S/C15H20ClFN2O2/c1-21-8-7-19-14(20)4-2-3-13(18)15(19)11-6-5-10(16)9-12(11)17/h5-6,9,13,15H,2-4,7-8,18H2,1H3. The predicted octanol–water partition coefficient (Wildman–Crippen LogP) is 2.51. The van der Waals surface area contributed by atoms with Crippen LogP contribution in [0.2, 0.25) is 5.02 Å². The molecule has 1 amide bonds. The second-order valence-electron chi connectivity index (χ2n) is 5.25. The number of hydrogen-bond acceptors (Lipinski definition) is 3. The Labute approximate surface area is 129 Å². The smallest absolute Gasteiger partial charge is 0.223 e. The minimum Gasteiger partial charge on any atom is -0.383 e. The summed E-state index contributed by atoms with van der Waals surface area (Å²) in [4.78, 5) is 13.9. The lowest BCUT2D eigenvalue weighted by Gasteiger charge is -2.34. The van der Waals surface area contributed by atoms with Crippen molar-refractivity contribution in [2.24, 2.45) is 5.73 Å². The second kappa shape index (κ2) is 7.20. The van der Waals surface area contributed by atoms with E-state index in [0.29, 0.717) is 36.6 Å². The summed E-state index contributed by atoms with van der Waals surface area (Å²) < 4.78 is 19.3. The molecular formula is C15H20ClFN2O2. The van der Waals surface area contributed by atoms with Crippen LogP contribution in [0.4, 0.5) is 4.39 Å². The molecule has 0 radical (unpaired) electrons. The van der Waals surface area contributed by atoms with E-state index in [-0.39, 0.29) is 11.9 Å². The average Bonchev–Trinajstić information content (AvgIpc) is 2.56. The van der Waals surface area contributed by atoms with Gasteiger partial charge < -0.3 is 15.4 Å². The molecule has 116 valence electrons. The molecule has 4 nitrogen and oxygen atoms in total. The fourth-order valence-electron chi connectivity index (χ4n) is 2.77. The van der Waals surface area contributed by atoms with E-state index < -0.39 is 11.9 Å². The van der Waals surface area contributed by atoms with Crippen molar-refractivity contribution in [1.29, 1.82) is 0 Å². The van der Waals surface area contributed by atoms with Gasteiger partial charge in [0.25, 0.3) is 0 Å². The minimum absolute atomic E-state index is 0.0145. The molecule has 1 aromatic rings. The van der Waals surface area contributed by atoms with Crippen LogP contribution in [0.1, 0.15) is 30.9 Å². The SMILES string of the molecule is COCCN1C(=O)CCCC(N)C1c1ccc(Cl)cc1F. The Balaban J connectivity index is 2.38. The number of nitrogens with zero attached hydrogens (tertiary/aromatic N) is 1. The molecule has 2 atom stereocenters. The van der Waals surface area contributed by atoms with Crippen LogP contribution >= 0.6 is 11.6 Å². The largest absolute Gasteiger partial charge is 0.383 e. The zero-order valence-corrected chi connectivity index (χ0v) is 12.8. The van der Waals surface area contributed by atoms with Gasteiger partial charge in [0.1, 0.15) is 5.82 Å². The molecule has 1 aliphatic rings. The Bertz CT molecular complexity index is 512. The van der Waals surface area contributed by atoms with Crippen LogP contribution in [0.15, 0.2) is 18.2 Å². The first-order valence-electron chi connectivity index (χ1n) is 7.03. The maximum Gasteiger partial charge on any atom is 0.223 e. The molecule has 1 aliphatic heterocycles. The van der Waals surface area contributed by atoms with Crippen LogP contribution in [-0.4, -0.2) is 37.1 Å². The molecule has 0 aliphatic carbocycles. The highest BCUT2D eigenvalue weighted by Crippen LogP contribution is 2.32. The van der Waals surface area contributed by atoms with Gasteiger partial charge >= 0.3 is 0 Å². The lowest BCUT2D eigenvalue weighted by Crippen LogP contribution is -2.44. The molecule has 0 aromatic heterocycles. The number of halogens is 2. The summed E-state index contributed by atoms with van der Waals surface area (Å²) in [6.45, 7) is 0.792. The highest BCUT2D eigenvalue weighted by Gasteiger charge is 2.34. The molecule has 0 saturated carbocycles. The molecule has 1 saturated heterocycles. The third-order valence-electron chi connectivity index (χ3n) is 3.81. The van der Waals surface area contributed by atoms with E-state index in [1.165, 1.54) is 6.07 Å². The van der Waals surface area contributed by atoms with Crippen LogP contribution in [0.3, 0.4) is 0 Å². The minimum atomic E-state index is -0.479. The van der Waals surface area contributed by atoms with Gasteiger partial charge in [-0.15, -0.1) is 0 Å². The number of nitrogens with two attached hydrogens (primary N) is 1. The van der Waals surface area contributed by atoms with Crippen LogP contribution < -0.4 is 5.73 Å². The lowest BCUT2D eigenvalue weighted by molar-refractivity contribution is -0.134. The van der Waals surface area contributed by atoms with Crippen molar-refractivity contribution in [2.45, 2.75) is 31.3 Å². The summed E-state index contributed by atoms with van der Waals surface area (Å²) in [6, 6.07) is 3.71. The summed E-state index contributed by atoms with van der Waals surface area (Å²) in [5, 5.41) is 0.327. The maximum absolute atomic E-state index is 14.3. The van der Waals surface area contributed by atoms with Crippen LogP contribution in [-0.2, 0) is 9.53 Å². The Morgan fingerprint density at radius 2 is 2.29 bits per heavy atom. The van der Waals surface area contributed by atoms with Crippen molar-refractivity contribution in [1.82, 2.24) is 4.90 Å². The first-order valence-corrected chi connectivity index (χ1v) is 7.41. The van der Waals surface area contributed by atoms with E-state index in [0.717, 1.165) is 6.42 Å². The Morgan fingerprint density at radius 1 is 1.52 bits per heavy atom. The number of benzene rings is 1. The van der Waals surface area contributed by atoms with Gasteiger partial charge in [0, 0.05) is 36.7 Å². The second-order valence-corrected chi connectivity index (χ2v) is 5.68. The number of hydrogen-bond donors (Lipinski definition) is 1. The fraction of sp³-hybridized carbons (Fsp3) is 0.533. The third kappa shape index (κ3) is 3.73. The first-order chi connectivity index (χ1) is 10.0. The van der Waals surface area contributed by atoms with Crippen molar-refractivity contribution in [3.05, 3.63) is 34.6 Å². The van der Waals surface area contributed by atoms with Crippen molar-refractivity contribution < 1.29 is 13.9 Å². The summed E-state index contributed by atoms with van der Waals surface area (Å²) in [7, 11) is 1.57. The van der Waals surface area contributed by atoms with Gasteiger partial charge in [-0.25, -0.2) is 4.39 Å². The van der Waals surface area contributed by atoms with Gasteiger partial charge in [0.15, 0.2) is 0 Å². The van der Waals surface area contributed by atoms with E-state index >= 15 is 0 Å². The monoisotopic (exact) mass is 314 g/mol. The normalized spacial score (nSPS) is 23.2. The van der Waals surface area contributed by atoms with Crippen molar-refractivity contribution in [3.63, 3.8) is 0 Å². The van der Waals surface area contributed by atoms with Crippen LogP contribution in [0, 0.1) is 5.82 Å². The van der Waals surface area contributed by atoms with Gasteiger partial charge in [-0.05, 0) is 25.0 Å². The molecule has 0 bridgehead atoms. The number of amides is 1. The number of rotatable bonds is 4. The van der Waals surface area contributed by atoms with E-state index in [9.17, 15) is 9.18 Å². The van der Waals surface area contributed by atoms with Crippen LogP contribution in [0.25, 0.3) is 0 Å². The molecule has 2 N–H and O–H groups in total. The molecule has 2 rings (SSSR count). The molecular weight excluding hydrogens is 295 g/mol. The Morgan fingerprint density at radius 3 is 2.95 bits per heavy atom. The van der Waals surface area contributed by atoms with Gasteiger partial charge in [0.05, 0.1) is 12.6 Å². The van der Waals surface area contributed by atoms with E-state index in [1.807, 2.05) is 0 Å². The van der Waals surface area contributed by atoms with E-state index in [2.05, 4.69) is 0 Å². The highest BCUT2D eigenvalue weighted by atomic mass is 35.5. The quantitative estimate of drug-likeness (QED) is 0.929. The molecule has 21 heavy (non-hydrogen) atoms. The fourth-order valence-corrected chi connectivity index (χ4v) is 2.93. The Hall–Kier alpha value is -1.17. The zero-order chi connectivity index (χ0) is 15.4. The molecule has 2 unspecified atom stereocenters. The van der Waals surface area contributed by atoms with Crippen molar-refractivity contribution in [3.8, 4) is 0 Å². The maximum atomic E-state index is 14.3. The van der Waals surface area contributed by atoms with Gasteiger partial charge in [-0.3, -0.25) is 4.79 Å². The van der Waals surface area contributed by atoms with Crippen LogP contribution in [0.5, 0.6) is 0 Å². The molecule has 0 spiro atoms. The van der Waals surface area contributed by atoms with Gasteiger partial charge in [-0.1, -0.05) is 17.7 Å². The number of carbonyl (C=O) groups excluding carboxylic acids is 1. The summed E-state index contributed by atoms with van der Waals surface area (Å²) in [5.41, 5.74) is 6.62. The molecule has 6 heteroatoms. The topological polar surface area (TPSA) is 55.6 Å². The molecule has 1 heterocycles. The van der Waals surface area contributed by atoms with E-state index in [4.69, 9.17) is 22.1 Å². The molecule has 1 aromatic carbocycles. The summed E-state index contributed by atoms with van der Waals surface area (Å²) in [6.07, 6.45) is 1.83. The first kappa shape index (κ1) is 16.2. The highest BCUT2D eigenvalue weighted by molar-refractivity contribution is 6.30. The molecule has 1 fully saturated rings. The average molecular weight is 315 g/mol. The summed E-state index contributed by atoms with van der Waals surface area (Å²) >= 11 is 5.80. The van der Waals surface area contributed by atoms with E-state index in [1.54, 1.807) is 24.1 Å². The number of carbonyl (C=O) groups is 1. The predicted molar refractivity (Wildman–Crippen MR) is 79.6 cm³/mol. The van der Waals surface area contributed by atoms with Gasteiger partial charge in [-0.2, -0.15) is 0 Å². The van der Waals surface area contributed by atoms with Crippen molar-refractivity contribution in [2.75, 3.05) is 20.3 Å². The third-order valence-corrected chi connectivity index (χ3v) is 4.04. The number of likely N-dealkylation sites (tertiary alicyclic amines) is 1. The lowest BCUT2D eigenvalue weighted by atomic mass is 9.96. The van der Waals surface area contributed by atoms with Gasteiger partial charge in [0.2, 0.25) is 5.91 Å². The Kier molecular flexibility index (Phi) is 5.56.